The van der Waals surface area contributed by atoms with Gasteiger partial charge in [0.2, 0.25) is 0 Å². The highest BCUT2D eigenvalue weighted by Gasteiger charge is 1.76. The van der Waals surface area contributed by atoms with Gasteiger partial charge in [-0.15, -0.1) is 6.58 Å². The Morgan fingerprint density at radius 2 is 2.33 bits per heavy atom. The van der Waals surface area contributed by atoms with Gasteiger partial charge in [-0.2, -0.15) is 0 Å². The van der Waals surface area contributed by atoms with Gasteiger partial charge >= 0.3 is 0 Å². The van der Waals surface area contributed by atoms with Gasteiger partial charge in [-0.3, -0.25) is 4.79 Å². The third-order valence-corrected chi connectivity index (χ3v) is 0.871. The summed E-state index contributed by atoms with van der Waals surface area (Å²) in [6.45, 7) is 3.56. The van der Waals surface area contributed by atoms with Crippen LogP contribution in [0, 0.1) is 11.8 Å². The van der Waals surface area contributed by atoms with Crippen LogP contribution in [0.2, 0.25) is 0 Å². The van der Waals surface area contributed by atoms with Crippen molar-refractivity contribution in [1.29, 1.82) is 0 Å². The molecule has 0 radical (unpaired) electrons. The Labute approximate surface area is 55.8 Å². The van der Waals surface area contributed by atoms with E-state index in [4.69, 9.17) is 0 Å². The Balaban J connectivity index is 3.08. The third kappa shape index (κ3) is 6.97. The lowest BCUT2D eigenvalue weighted by Crippen LogP contribution is -1.68. The fraction of sp³-hybridized carbons (Fsp3) is 0.375. The summed E-state index contributed by atoms with van der Waals surface area (Å²) >= 11 is 0. The maximum absolute atomic E-state index is 9.64. The molecule has 0 N–H and O–H groups in total. The van der Waals surface area contributed by atoms with E-state index in [0.717, 1.165) is 19.3 Å². The van der Waals surface area contributed by atoms with Crippen molar-refractivity contribution in [3.63, 3.8) is 0 Å². The number of aldehydes is 1. The zero-order valence-electron chi connectivity index (χ0n) is 5.39. The largest absolute Gasteiger partial charge is 0.289 e. The van der Waals surface area contributed by atoms with Crippen molar-refractivity contribution in [3.05, 3.63) is 12.7 Å². The van der Waals surface area contributed by atoms with Crippen molar-refractivity contribution < 1.29 is 4.79 Å². The van der Waals surface area contributed by atoms with Crippen LogP contribution in [0.4, 0.5) is 0 Å². The van der Waals surface area contributed by atoms with Crippen LogP contribution in [0.25, 0.3) is 0 Å². The normalized spacial score (nSPS) is 7.11. The number of hydrogen-bond acceptors (Lipinski definition) is 1. The van der Waals surface area contributed by atoms with Gasteiger partial charge in [0.1, 0.15) is 0 Å². The van der Waals surface area contributed by atoms with Crippen LogP contribution in [0.15, 0.2) is 12.7 Å². The number of unbranched alkanes of at least 4 members (excludes halogenated alkanes) is 2. The molecule has 0 bridgehead atoms. The first-order chi connectivity index (χ1) is 4.41. The van der Waals surface area contributed by atoms with E-state index in [9.17, 15) is 4.79 Å². The summed E-state index contributed by atoms with van der Waals surface area (Å²) in [6, 6.07) is 0. The van der Waals surface area contributed by atoms with Crippen LogP contribution in [-0.2, 0) is 4.79 Å². The van der Waals surface area contributed by atoms with Gasteiger partial charge in [0.05, 0.1) is 0 Å². The lowest BCUT2D eigenvalue weighted by molar-refractivity contribution is -0.103. The molecule has 0 aliphatic carbocycles. The molecule has 48 valence electrons. The van der Waals surface area contributed by atoms with Crippen LogP contribution in [0.1, 0.15) is 19.3 Å². The van der Waals surface area contributed by atoms with Gasteiger partial charge in [0.15, 0.2) is 6.29 Å². The Hall–Kier alpha value is -1.03. The molecule has 1 nitrogen and oxygen atoms in total. The first-order valence-corrected chi connectivity index (χ1v) is 2.94. The number of carbonyl (C=O) groups is 1. The molecule has 0 aromatic carbocycles. The highest BCUT2D eigenvalue weighted by Crippen LogP contribution is 1.92. The SMILES string of the molecule is C=CCCCC#CC=O. The lowest BCUT2D eigenvalue weighted by Gasteiger charge is -1.82. The molecular formula is C8H10O. The quantitative estimate of drug-likeness (QED) is 0.240. The van der Waals surface area contributed by atoms with E-state index in [0.29, 0.717) is 6.29 Å². The maximum atomic E-state index is 9.64. The van der Waals surface area contributed by atoms with Gasteiger partial charge in [0.25, 0.3) is 0 Å². The molecule has 0 aromatic heterocycles. The Morgan fingerprint density at radius 1 is 1.56 bits per heavy atom. The predicted molar refractivity (Wildman–Crippen MR) is 37.9 cm³/mol. The highest BCUT2D eigenvalue weighted by atomic mass is 16.1. The fourth-order valence-corrected chi connectivity index (χ4v) is 0.449. The molecule has 0 saturated carbocycles. The number of allylic oxidation sites excluding steroid dienone is 1. The van der Waals surface area contributed by atoms with E-state index < -0.39 is 0 Å². The number of carbonyl (C=O) groups excluding carboxylic acids is 1. The molecule has 0 aromatic rings. The van der Waals surface area contributed by atoms with Gasteiger partial charge in [0, 0.05) is 6.42 Å². The molecule has 9 heavy (non-hydrogen) atoms. The summed E-state index contributed by atoms with van der Waals surface area (Å²) in [5.41, 5.74) is 0. The molecule has 0 unspecified atom stereocenters. The molecule has 0 atom stereocenters. The van der Waals surface area contributed by atoms with E-state index in [1.807, 2.05) is 6.08 Å². The molecule has 0 heterocycles. The third-order valence-electron chi connectivity index (χ3n) is 0.871. The summed E-state index contributed by atoms with van der Waals surface area (Å²) < 4.78 is 0. The number of hydrogen-bond donors (Lipinski definition) is 0. The van der Waals surface area contributed by atoms with E-state index in [-0.39, 0.29) is 0 Å². The van der Waals surface area contributed by atoms with E-state index in [2.05, 4.69) is 18.4 Å². The van der Waals surface area contributed by atoms with Crippen molar-refractivity contribution in [2.75, 3.05) is 0 Å². The second-order valence-corrected chi connectivity index (χ2v) is 1.62. The maximum Gasteiger partial charge on any atom is 0.192 e. The molecule has 0 spiro atoms. The molecule has 0 amide bonds. The predicted octanol–water partition coefficient (Wildman–Crippen LogP) is 1.55. The first kappa shape index (κ1) is 7.97. The zero-order valence-corrected chi connectivity index (χ0v) is 5.39. The van der Waals surface area contributed by atoms with Crippen molar-refractivity contribution in [2.24, 2.45) is 0 Å². The molecular weight excluding hydrogens is 112 g/mol. The van der Waals surface area contributed by atoms with Gasteiger partial charge in [-0.1, -0.05) is 12.0 Å². The molecule has 0 fully saturated rings. The minimum absolute atomic E-state index is 0.619. The van der Waals surface area contributed by atoms with Crippen molar-refractivity contribution in [1.82, 2.24) is 0 Å². The molecule has 0 aliphatic rings. The van der Waals surface area contributed by atoms with E-state index in [1.165, 1.54) is 0 Å². The topological polar surface area (TPSA) is 17.1 Å². The van der Waals surface area contributed by atoms with E-state index in [1.54, 1.807) is 0 Å². The molecule has 0 aliphatic heterocycles. The van der Waals surface area contributed by atoms with Gasteiger partial charge in [-0.25, -0.2) is 0 Å². The molecule has 0 saturated heterocycles. The zero-order chi connectivity index (χ0) is 6.95. The summed E-state index contributed by atoms with van der Waals surface area (Å²) in [7, 11) is 0. The summed E-state index contributed by atoms with van der Waals surface area (Å²) in [4.78, 5) is 9.64. The van der Waals surface area contributed by atoms with E-state index >= 15 is 0 Å². The Morgan fingerprint density at radius 3 is 2.89 bits per heavy atom. The average molecular weight is 122 g/mol. The second-order valence-electron chi connectivity index (χ2n) is 1.62. The highest BCUT2D eigenvalue weighted by molar-refractivity contribution is 5.72. The van der Waals surface area contributed by atoms with Crippen LogP contribution in [-0.4, -0.2) is 6.29 Å². The second kappa shape index (κ2) is 6.97. The van der Waals surface area contributed by atoms with Crippen LogP contribution >= 0.6 is 0 Å². The smallest absolute Gasteiger partial charge is 0.192 e. The summed E-state index contributed by atoms with van der Waals surface area (Å²) in [5.74, 6) is 5.05. The van der Waals surface area contributed by atoms with Gasteiger partial charge in [-0.05, 0) is 18.8 Å². The fourth-order valence-electron chi connectivity index (χ4n) is 0.449. The van der Waals surface area contributed by atoms with Crippen molar-refractivity contribution >= 4 is 6.29 Å². The Kier molecular flexibility index (Phi) is 6.17. The van der Waals surface area contributed by atoms with Crippen molar-refractivity contribution in [3.8, 4) is 11.8 Å². The average Bonchev–Trinajstić information content (AvgIpc) is 1.89. The first-order valence-electron chi connectivity index (χ1n) is 2.94. The van der Waals surface area contributed by atoms with Crippen LogP contribution < -0.4 is 0 Å². The minimum atomic E-state index is 0.619. The monoisotopic (exact) mass is 122 g/mol. The minimum Gasteiger partial charge on any atom is -0.289 e. The Bertz CT molecular complexity index is 136. The number of rotatable bonds is 3. The van der Waals surface area contributed by atoms with Crippen LogP contribution in [0.3, 0.4) is 0 Å². The summed E-state index contributed by atoms with van der Waals surface area (Å²) in [6.07, 6.45) is 5.25. The van der Waals surface area contributed by atoms with Gasteiger partial charge < -0.3 is 0 Å². The summed E-state index contributed by atoms with van der Waals surface area (Å²) in [5, 5.41) is 0. The molecule has 1 heteroatoms. The van der Waals surface area contributed by atoms with Crippen LogP contribution in [0.5, 0.6) is 0 Å². The molecule has 0 rings (SSSR count). The standard InChI is InChI=1S/C8H10O/c1-2-3-4-5-6-7-8-9/h2,8H,1,3-5H2. The van der Waals surface area contributed by atoms with Crippen molar-refractivity contribution in [2.45, 2.75) is 19.3 Å². The lowest BCUT2D eigenvalue weighted by atomic mass is 10.2.